The molecular formula is C36H64Li2Nd2O6+2. The number of ether oxygens (including phenoxy) is 6. The largest absolute Gasteiger partial charge is 1.00 e. The topological polar surface area (TPSA) is 55.4 Å². The van der Waals surface area contributed by atoms with Crippen LogP contribution in [0.1, 0.15) is 0 Å². The van der Waals surface area contributed by atoms with Crippen LogP contribution >= 0.6 is 0 Å². The second-order valence-corrected chi connectivity index (χ2v) is 5.98. The Labute approximate surface area is 384 Å². The van der Waals surface area contributed by atoms with E-state index in [1.165, 1.54) is 51.4 Å². The fourth-order valence-corrected chi connectivity index (χ4v) is 1.32. The van der Waals surface area contributed by atoms with Crippen molar-refractivity contribution in [2.24, 2.45) is 0 Å². The summed E-state index contributed by atoms with van der Waals surface area (Å²) in [6.07, 6.45) is 12.0. The quantitative estimate of drug-likeness (QED) is 0.339. The summed E-state index contributed by atoms with van der Waals surface area (Å²) in [5, 5.41) is 0. The van der Waals surface area contributed by atoms with Crippen molar-refractivity contribution < 1.29 is 148 Å². The van der Waals surface area contributed by atoms with Gasteiger partial charge in [-0.05, 0) is 162 Å². The van der Waals surface area contributed by atoms with E-state index in [2.05, 4.69) is 111 Å². The van der Waals surface area contributed by atoms with E-state index in [-0.39, 0.29) is 119 Å². The summed E-state index contributed by atoms with van der Waals surface area (Å²) in [5.74, 6) is 0. The molecule has 3 aliphatic heterocycles. The van der Waals surface area contributed by atoms with Gasteiger partial charge in [-0.15, -0.1) is 0 Å². The van der Waals surface area contributed by atoms with Gasteiger partial charge in [0.05, 0.1) is 79.3 Å². The molecule has 6 nitrogen and oxygen atoms in total. The van der Waals surface area contributed by atoms with Crippen molar-refractivity contribution in [1.29, 1.82) is 0 Å². The first-order valence-electron chi connectivity index (χ1n) is 13.0. The van der Waals surface area contributed by atoms with Gasteiger partial charge < -0.3 is 28.4 Å². The Balaban J connectivity index is -0.0000000280. The van der Waals surface area contributed by atoms with E-state index in [0.717, 1.165) is 79.3 Å². The van der Waals surface area contributed by atoms with Gasteiger partial charge in [0.1, 0.15) is 0 Å². The predicted molar refractivity (Wildman–Crippen MR) is 185 cm³/mol. The standard InChI is InChI=1S/3C4H8O2.8C3H5.2Li.2Nd/c3*1-2-6-4-3-5-1;8*1-3-2;;;;/h3*1-4H2;8*3H,1-2H2;;;;/q;;;;;;;;;;;2*+1;;. The van der Waals surface area contributed by atoms with Gasteiger partial charge in [0.2, 0.25) is 0 Å². The third-order valence-corrected chi connectivity index (χ3v) is 2.23. The maximum atomic E-state index is 4.94. The van der Waals surface area contributed by atoms with Crippen molar-refractivity contribution in [1.82, 2.24) is 0 Å². The molecule has 10 heteroatoms. The summed E-state index contributed by atoms with van der Waals surface area (Å²) in [6, 6.07) is 0. The van der Waals surface area contributed by atoms with Gasteiger partial charge in [-0.3, -0.25) is 0 Å². The molecular weight excluding hydrogens is 831 g/mol. The summed E-state index contributed by atoms with van der Waals surface area (Å²) in [7, 11) is 0. The van der Waals surface area contributed by atoms with Crippen LogP contribution in [-0.2, 0) is 28.4 Å². The molecule has 24 radical (unpaired) electrons. The minimum atomic E-state index is 0. The average molecular weight is 895 g/mol. The Morgan fingerprint density at radius 3 is 0.283 bits per heavy atom. The van der Waals surface area contributed by atoms with Crippen molar-refractivity contribution in [3.8, 4) is 0 Å². The Morgan fingerprint density at radius 2 is 0.261 bits per heavy atom. The van der Waals surface area contributed by atoms with Crippen LogP contribution in [0.5, 0.6) is 0 Å². The van der Waals surface area contributed by atoms with E-state index in [9.17, 15) is 0 Å². The third kappa shape index (κ3) is 221. The molecule has 0 aromatic carbocycles. The first kappa shape index (κ1) is 82.9. The number of hydrogen-bond donors (Lipinski definition) is 0. The molecule has 3 saturated heterocycles. The summed E-state index contributed by atoms with van der Waals surface area (Å²) in [4.78, 5) is 0. The fraction of sp³-hybridized carbons (Fsp3) is 0.333. The van der Waals surface area contributed by atoms with E-state index < -0.39 is 0 Å². The van der Waals surface area contributed by atoms with Crippen LogP contribution in [0.3, 0.4) is 0 Å². The molecule has 0 saturated carbocycles. The molecule has 3 heterocycles. The molecule has 0 atom stereocenters. The van der Waals surface area contributed by atoms with Gasteiger partial charge in [0, 0.05) is 81.7 Å². The predicted octanol–water partition coefficient (Wildman–Crippen LogP) is 0.979. The molecule has 0 spiro atoms. The van der Waals surface area contributed by atoms with Crippen LogP contribution < -0.4 is 37.7 Å². The molecule has 46 heavy (non-hydrogen) atoms. The Hall–Kier alpha value is 3.66. The van der Waals surface area contributed by atoms with Gasteiger partial charge >= 0.3 is 37.7 Å². The Bertz CT molecular complexity index is 194. The minimum Gasteiger partial charge on any atom is -0.377 e. The monoisotopic (exact) mass is 890 g/mol. The molecule has 0 aromatic rings. The first-order valence-corrected chi connectivity index (χ1v) is 13.0. The van der Waals surface area contributed by atoms with Crippen LogP contribution in [0, 0.1) is 244 Å². The van der Waals surface area contributed by atoms with Gasteiger partial charge in [-0.25, -0.2) is 0 Å². The van der Waals surface area contributed by atoms with Gasteiger partial charge in [-0.1, -0.05) is 0 Å². The van der Waals surface area contributed by atoms with E-state index in [1.807, 2.05) is 0 Å². The average Bonchev–Trinajstić information content (AvgIpc) is 3.00. The van der Waals surface area contributed by atoms with Crippen molar-refractivity contribution in [2.75, 3.05) is 79.3 Å². The van der Waals surface area contributed by atoms with Crippen LogP contribution in [0.25, 0.3) is 0 Å². The smallest absolute Gasteiger partial charge is 0.377 e. The van der Waals surface area contributed by atoms with Crippen LogP contribution in [0.15, 0.2) is 0 Å². The maximum absolute atomic E-state index is 4.94. The molecule has 0 N–H and O–H groups in total. The van der Waals surface area contributed by atoms with Gasteiger partial charge in [-0.2, -0.15) is 0 Å². The maximum Gasteiger partial charge on any atom is 1.00 e. The van der Waals surface area contributed by atoms with Crippen molar-refractivity contribution in [3.63, 3.8) is 0 Å². The fourth-order valence-electron chi connectivity index (χ4n) is 1.32. The third-order valence-electron chi connectivity index (χ3n) is 2.23. The molecule has 3 rings (SSSR count). The Kier molecular flexibility index (Phi) is 226. The van der Waals surface area contributed by atoms with Crippen molar-refractivity contribution in [3.05, 3.63) is 162 Å². The van der Waals surface area contributed by atoms with Crippen LogP contribution in [-0.4, -0.2) is 79.3 Å². The second kappa shape index (κ2) is 126. The number of rotatable bonds is 0. The zero-order chi connectivity index (χ0) is 34.4. The van der Waals surface area contributed by atoms with E-state index in [1.54, 1.807) is 0 Å². The molecule has 3 aliphatic rings. The molecule has 0 aliphatic carbocycles. The van der Waals surface area contributed by atoms with E-state index in [4.69, 9.17) is 28.4 Å². The normalized spacial score (nSPS) is 12.5. The molecule has 0 amide bonds. The summed E-state index contributed by atoms with van der Waals surface area (Å²) in [6.45, 7) is 61.3. The van der Waals surface area contributed by atoms with Crippen molar-refractivity contribution >= 4 is 0 Å². The second-order valence-electron chi connectivity index (χ2n) is 5.98. The zero-order valence-corrected chi connectivity index (χ0v) is 36.3. The van der Waals surface area contributed by atoms with E-state index in [0.29, 0.717) is 0 Å². The molecule has 0 bridgehead atoms. The zero-order valence-electron chi connectivity index (χ0n) is 29.9. The molecule has 252 valence electrons. The molecule has 0 aromatic heterocycles. The summed E-state index contributed by atoms with van der Waals surface area (Å²) < 4.78 is 29.7. The SMILES string of the molecule is C1COCCO1.C1COCCO1.C1COCCO1.[CH2][CH][CH2].[CH2][CH][CH2].[CH2][CH][CH2].[CH2][CH][CH2].[CH2][CH][CH2].[CH2][CH][CH2].[CH2][CH][CH2].[CH2][CH][CH2].[Li+].[Li+].[Nd].[Nd]. The number of hydrogen-bond acceptors (Lipinski definition) is 6. The van der Waals surface area contributed by atoms with Gasteiger partial charge in [0.15, 0.2) is 0 Å². The van der Waals surface area contributed by atoms with Crippen LogP contribution in [0.2, 0.25) is 0 Å². The van der Waals surface area contributed by atoms with Gasteiger partial charge in [0.25, 0.3) is 0 Å². The molecule has 3 fully saturated rings. The van der Waals surface area contributed by atoms with Crippen molar-refractivity contribution in [2.45, 2.75) is 0 Å². The first-order chi connectivity index (χ1) is 20.3. The van der Waals surface area contributed by atoms with E-state index >= 15 is 0 Å². The minimum absolute atomic E-state index is 0. The summed E-state index contributed by atoms with van der Waals surface area (Å²) >= 11 is 0. The molecule has 0 unspecified atom stereocenters. The summed E-state index contributed by atoms with van der Waals surface area (Å²) in [5.41, 5.74) is 0. The Morgan fingerprint density at radius 1 is 0.217 bits per heavy atom. The van der Waals surface area contributed by atoms with Crippen LogP contribution in [0.4, 0.5) is 0 Å².